The number of hydrogen-bond donors (Lipinski definition) is 3. The Morgan fingerprint density at radius 2 is 1.93 bits per heavy atom. The van der Waals surface area contributed by atoms with E-state index in [-0.39, 0.29) is 34.5 Å². The first-order valence-corrected chi connectivity index (χ1v) is 8.12. The molecule has 3 N–H and O–H groups in total. The van der Waals surface area contributed by atoms with E-state index in [1.54, 1.807) is 0 Å². The van der Waals surface area contributed by atoms with Gasteiger partial charge >= 0.3 is 12.1 Å². The molecule has 1 aromatic carbocycles. The zero-order valence-corrected chi connectivity index (χ0v) is 14.8. The maximum Gasteiger partial charge on any atom is 0.416 e. The Kier molecular flexibility index (Phi) is 4.80. The Hall–Kier alpha value is -3.43. The van der Waals surface area contributed by atoms with Gasteiger partial charge in [-0.3, -0.25) is 4.79 Å². The quantitative estimate of drug-likeness (QED) is 0.629. The number of hydrogen-bond acceptors (Lipinski definition) is 5. The lowest BCUT2D eigenvalue weighted by Crippen LogP contribution is -2.16. The highest BCUT2D eigenvalue weighted by atomic mass is 19.4. The van der Waals surface area contributed by atoms with Crippen LogP contribution in [0.5, 0.6) is 0 Å². The van der Waals surface area contributed by atoms with E-state index in [0.29, 0.717) is 11.4 Å². The van der Waals surface area contributed by atoms with Gasteiger partial charge in [0.15, 0.2) is 0 Å². The van der Waals surface area contributed by atoms with Crippen LogP contribution in [0, 0.1) is 13.8 Å². The largest absolute Gasteiger partial charge is 0.477 e. The molecule has 0 saturated heterocycles. The van der Waals surface area contributed by atoms with E-state index in [2.05, 4.69) is 20.3 Å². The summed E-state index contributed by atoms with van der Waals surface area (Å²) < 4.78 is 40.5. The number of aryl methyl sites for hydroxylation is 2. The molecule has 3 rings (SSSR count). The predicted molar refractivity (Wildman–Crippen MR) is 95.4 cm³/mol. The molecular formula is C18H15F3N4O3. The Labute approximate surface area is 156 Å². The van der Waals surface area contributed by atoms with Gasteiger partial charge in [0.05, 0.1) is 27.8 Å². The molecular weight excluding hydrogens is 377 g/mol. The van der Waals surface area contributed by atoms with Gasteiger partial charge in [0.25, 0.3) is 5.56 Å². The molecule has 0 fully saturated rings. The smallest absolute Gasteiger partial charge is 0.416 e. The van der Waals surface area contributed by atoms with Crippen molar-refractivity contribution in [1.82, 2.24) is 15.0 Å². The van der Waals surface area contributed by atoms with Crippen LogP contribution in [0.1, 0.15) is 33.1 Å². The minimum atomic E-state index is -4.64. The molecule has 0 spiro atoms. The lowest BCUT2D eigenvalue weighted by molar-refractivity contribution is -0.138. The van der Waals surface area contributed by atoms with Crippen LogP contribution in [0.15, 0.2) is 29.1 Å². The molecule has 146 valence electrons. The summed E-state index contributed by atoms with van der Waals surface area (Å²) in [6.07, 6.45) is -4.64. The minimum absolute atomic E-state index is 0.0408. The fraction of sp³-hybridized carbons (Fsp3) is 0.222. The van der Waals surface area contributed by atoms with E-state index in [0.717, 1.165) is 12.1 Å². The number of aromatic carboxylic acids is 1. The van der Waals surface area contributed by atoms with Gasteiger partial charge in [0, 0.05) is 6.54 Å². The number of rotatable bonds is 4. The van der Waals surface area contributed by atoms with E-state index in [9.17, 15) is 22.8 Å². The summed E-state index contributed by atoms with van der Waals surface area (Å²) in [6, 6.07) is 4.69. The maximum atomic E-state index is 13.5. The highest BCUT2D eigenvalue weighted by Crippen LogP contribution is 2.34. The first-order valence-electron chi connectivity index (χ1n) is 8.12. The predicted octanol–water partition coefficient (Wildman–Crippen LogP) is 3.26. The summed E-state index contributed by atoms with van der Waals surface area (Å²) in [5.74, 6) is -0.984. The number of anilines is 1. The van der Waals surface area contributed by atoms with Crippen LogP contribution in [-0.4, -0.2) is 26.0 Å². The molecule has 7 nitrogen and oxygen atoms in total. The van der Waals surface area contributed by atoms with E-state index in [1.807, 2.05) is 0 Å². The number of halogens is 3. The van der Waals surface area contributed by atoms with E-state index >= 15 is 0 Å². The number of benzene rings is 1. The van der Waals surface area contributed by atoms with Gasteiger partial charge in [-0.25, -0.2) is 14.8 Å². The minimum Gasteiger partial charge on any atom is -0.477 e. The first kappa shape index (κ1) is 19.3. The zero-order valence-electron chi connectivity index (χ0n) is 14.8. The third-order valence-electron chi connectivity index (χ3n) is 4.13. The normalized spacial score (nSPS) is 11.6. The van der Waals surface area contributed by atoms with Crippen LogP contribution in [0.25, 0.3) is 10.9 Å². The van der Waals surface area contributed by atoms with Crippen molar-refractivity contribution in [3.05, 3.63) is 63.0 Å². The molecule has 0 saturated carbocycles. The van der Waals surface area contributed by atoms with Crippen LogP contribution in [0.4, 0.5) is 18.9 Å². The van der Waals surface area contributed by atoms with Crippen molar-refractivity contribution in [3.63, 3.8) is 0 Å². The third-order valence-corrected chi connectivity index (χ3v) is 4.13. The summed E-state index contributed by atoms with van der Waals surface area (Å²) in [5, 5.41) is 11.8. The van der Waals surface area contributed by atoms with Gasteiger partial charge in [-0.05, 0) is 43.7 Å². The van der Waals surface area contributed by atoms with Gasteiger partial charge < -0.3 is 15.4 Å². The van der Waals surface area contributed by atoms with Crippen LogP contribution in [0.2, 0.25) is 0 Å². The fourth-order valence-electron chi connectivity index (χ4n) is 2.82. The number of H-pyrrole nitrogens is 1. The summed E-state index contributed by atoms with van der Waals surface area (Å²) in [7, 11) is 0. The van der Waals surface area contributed by atoms with Crippen molar-refractivity contribution in [1.29, 1.82) is 0 Å². The van der Waals surface area contributed by atoms with Crippen molar-refractivity contribution < 1.29 is 23.1 Å². The lowest BCUT2D eigenvalue weighted by Gasteiger charge is -2.16. The number of aromatic amines is 1. The summed E-state index contributed by atoms with van der Waals surface area (Å²) in [6.45, 7) is 2.78. The van der Waals surface area contributed by atoms with Gasteiger partial charge in [0.1, 0.15) is 11.5 Å². The number of alkyl halides is 3. The number of carboxylic acid groups (broad SMARTS) is 1. The molecule has 0 bridgehead atoms. The fourth-order valence-corrected chi connectivity index (χ4v) is 2.82. The number of nitrogens with zero attached hydrogens (tertiary/aromatic N) is 2. The second kappa shape index (κ2) is 6.95. The second-order valence-electron chi connectivity index (χ2n) is 6.16. The Bertz CT molecular complexity index is 1140. The molecule has 0 radical (unpaired) electrons. The first-order chi connectivity index (χ1) is 13.1. The Balaban J connectivity index is 2.02. The monoisotopic (exact) mass is 392 g/mol. The van der Waals surface area contributed by atoms with Crippen molar-refractivity contribution in [2.24, 2.45) is 0 Å². The third kappa shape index (κ3) is 3.80. The van der Waals surface area contributed by atoms with Gasteiger partial charge in [0.2, 0.25) is 0 Å². The molecule has 0 aliphatic carbocycles. The molecule has 0 unspecified atom stereocenters. The summed E-state index contributed by atoms with van der Waals surface area (Å²) in [4.78, 5) is 33.3. The molecule has 0 aliphatic rings. The van der Waals surface area contributed by atoms with E-state index < -0.39 is 23.3 Å². The SMILES string of the molecule is Cc1nc2cc(C(F)(F)F)c(CNc3ccc(C(=O)O)nc3C)cc2c(=O)[nH]1. The van der Waals surface area contributed by atoms with Gasteiger partial charge in [-0.1, -0.05) is 0 Å². The van der Waals surface area contributed by atoms with Crippen molar-refractivity contribution in [3.8, 4) is 0 Å². The lowest BCUT2D eigenvalue weighted by atomic mass is 10.0. The van der Waals surface area contributed by atoms with E-state index in [1.165, 1.54) is 26.0 Å². The van der Waals surface area contributed by atoms with Gasteiger partial charge in [-0.15, -0.1) is 0 Å². The molecule has 2 heterocycles. The van der Waals surface area contributed by atoms with Crippen LogP contribution in [-0.2, 0) is 12.7 Å². The maximum absolute atomic E-state index is 13.5. The number of nitrogens with one attached hydrogen (secondary N) is 2. The molecule has 3 aromatic rings. The molecule has 0 atom stereocenters. The van der Waals surface area contributed by atoms with Crippen molar-refractivity contribution in [2.75, 3.05) is 5.32 Å². The average Bonchev–Trinajstić information content (AvgIpc) is 2.59. The number of pyridine rings is 1. The highest BCUT2D eigenvalue weighted by molar-refractivity contribution is 5.85. The molecule has 2 aromatic heterocycles. The van der Waals surface area contributed by atoms with Crippen LogP contribution < -0.4 is 10.9 Å². The Morgan fingerprint density at radius 1 is 1.21 bits per heavy atom. The van der Waals surface area contributed by atoms with E-state index in [4.69, 9.17) is 5.11 Å². The zero-order chi connectivity index (χ0) is 20.6. The molecule has 0 amide bonds. The van der Waals surface area contributed by atoms with Gasteiger partial charge in [-0.2, -0.15) is 13.2 Å². The molecule has 0 aliphatic heterocycles. The number of carbonyl (C=O) groups is 1. The topological polar surface area (TPSA) is 108 Å². The highest BCUT2D eigenvalue weighted by Gasteiger charge is 2.34. The number of carboxylic acids is 1. The van der Waals surface area contributed by atoms with Crippen molar-refractivity contribution in [2.45, 2.75) is 26.6 Å². The number of aromatic nitrogens is 3. The summed E-state index contributed by atoms with van der Waals surface area (Å²) >= 11 is 0. The second-order valence-corrected chi connectivity index (χ2v) is 6.16. The average molecular weight is 392 g/mol. The molecule has 10 heteroatoms. The standard InChI is InChI=1S/C18H15F3N4O3/c1-8-13(3-4-14(23-8)17(27)28)22-7-10-5-11-15(6-12(10)18(19,20)21)24-9(2)25-16(11)26/h3-6,22H,7H2,1-2H3,(H,27,28)(H,24,25,26). The molecule has 28 heavy (non-hydrogen) atoms. The van der Waals surface area contributed by atoms with Crippen LogP contribution in [0.3, 0.4) is 0 Å². The number of fused-ring (bicyclic) bond motifs is 1. The Morgan fingerprint density at radius 3 is 2.54 bits per heavy atom. The summed E-state index contributed by atoms with van der Waals surface area (Å²) in [5.41, 5.74) is -1.07. The van der Waals surface area contributed by atoms with Crippen molar-refractivity contribution >= 4 is 22.6 Å². The van der Waals surface area contributed by atoms with Crippen LogP contribution >= 0.6 is 0 Å².